The normalized spacial score (nSPS) is 24.7. The fourth-order valence-electron chi connectivity index (χ4n) is 2.80. The fraction of sp³-hybridized carbons (Fsp3) is 0.600. The molecule has 0 saturated heterocycles. The summed E-state index contributed by atoms with van der Waals surface area (Å²) in [7, 11) is 2.01. The van der Waals surface area contributed by atoms with Crippen LogP contribution in [0, 0.1) is 11.8 Å². The van der Waals surface area contributed by atoms with E-state index in [4.69, 9.17) is 0 Å². The molecule has 1 amide bonds. The smallest absolute Gasteiger partial charge is 0.227 e. The Bertz CT molecular complexity index is 399. The highest BCUT2D eigenvalue weighted by molar-refractivity contribution is 5.92. The zero-order chi connectivity index (χ0) is 13.7. The van der Waals surface area contributed by atoms with Gasteiger partial charge in [0.2, 0.25) is 5.91 Å². The average Bonchev–Trinajstić information content (AvgIpc) is 2.47. The largest absolute Gasteiger partial charge is 0.326 e. The predicted octanol–water partition coefficient (Wildman–Crippen LogP) is 2.43. The Hall–Kier alpha value is -1.42. The first-order valence-corrected chi connectivity index (χ1v) is 7.09. The maximum atomic E-state index is 12.2. The number of anilines is 1. The molecule has 0 unspecified atom stereocenters. The molecule has 0 radical (unpaired) electrons. The van der Waals surface area contributed by atoms with E-state index in [1.807, 2.05) is 19.2 Å². The van der Waals surface area contributed by atoms with E-state index < -0.39 is 0 Å². The molecule has 0 spiro atoms. The standard InChI is InChI=1S/C15H23N3O/c1-11(16-2)12-3-5-13(6-4-12)15(19)18-14-7-9-17-10-8-14/h7-13,16H,3-6H2,1-2H3,(H,17,18,19)/t11-,12-,13-/m1/s1. The molecule has 1 aliphatic rings. The fourth-order valence-corrected chi connectivity index (χ4v) is 2.80. The van der Waals surface area contributed by atoms with E-state index >= 15 is 0 Å². The van der Waals surface area contributed by atoms with Gasteiger partial charge in [0.05, 0.1) is 0 Å². The zero-order valence-corrected chi connectivity index (χ0v) is 11.7. The Morgan fingerprint density at radius 1 is 1.26 bits per heavy atom. The average molecular weight is 261 g/mol. The number of hydrogen-bond acceptors (Lipinski definition) is 3. The Morgan fingerprint density at radius 2 is 1.89 bits per heavy atom. The summed E-state index contributed by atoms with van der Waals surface area (Å²) in [5, 5.41) is 6.29. The molecule has 1 aliphatic carbocycles. The molecular weight excluding hydrogens is 238 g/mol. The van der Waals surface area contributed by atoms with Gasteiger partial charge in [-0.15, -0.1) is 0 Å². The molecule has 1 saturated carbocycles. The van der Waals surface area contributed by atoms with E-state index in [2.05, 4.69) is 22.5 Å². The predicted molar refractivity (Wildman–Crippen MR) is 76.8 cm³/mol. The number of nitrogens with one attached hydrogen (secondary N) is 2. The van der Waals surface area contributed by atoms with Crippen molar-refractivity contribution in [2.75, 3.05) is 12.4 Å². The molecule has 1 fully saturated rings. The first-order valence-electron chi connectivity index (χ1n) is 7.09. The van der Waals surface area contributed by atoms with Crippen molar-refractivity contribution in [2.45, 2.75) is 38.6 Å². The third-order valence-corrected chi connectivity index (χ3v) is 4.25. The van der Waals surface area contributed by atoms with Gasteiger partial charge in [-0.3, -0.25) is 9.78 Å². The molecule has 19 heavy (non-hydrogen) atoms. The van der Waals surface area contributed by atoms with Crippen molar-refractivity contribution in [3.05, 3.63) is 24.5 Å². The zero-order valence-electron chi connectivity index (χ0n) is 11.7. The minimum atomic E-state index is 0.154. The lowest BCUT2D eigenvalue weighted by atomic mass is 9.78. The highest BCUT2D eigenvalue weighted by Gasteiger charge is 2.28. The van der Waals surface area contributed by atoms with Crippen molar-refractivity contribution in [2.24, 2.45) is 11.8 Å². The summed E-state index contributed by atoms with van der Waals surface area (Å²) in [4.78, 5) is 16.1. The third kappa shape index (κ3) is 3.77. The van der Waals surface area contributed by atoms with Gasteiger partial charge in [0.25, 0.3) is 0 Å². The molecule has 0 aromatic carbocycles. The van der Waals surface area contributed by atoms with Crippen molar-refractivity contribution in [1.29, 1.82) is 0 Å². The van der Waals surface area contributed by atoms with Crippen LogP contribution in [0.1, 0.15) is 32.6 Å². The van der Waals surface area contributed by atoms with Gasteiger partial charge in [0.1, 0.15) is 0 Å². The van der Waals surface area contributed by atoms with Gasteiger partial charge in [-0.25, -0.2) is 0 Å². The van der Waals surface area contributed by atoms with Crippen LogP contribution in [0.4, 0.5) is 5.69 Å². The summed E-state index contributed by atoms with van der Waals surface area (Å²) in [5.74, 6) is 1.02. The molecule has 1 atom stereocenters. The number of carbonyl (C=O) groups excluding carboxylic acids is 1. The van der Waals surface area contributed by atoms with Crippen LogP contribution in [0.25, 0.3) is 0 Å². The second-order valence-corrected chi connectivity index (χ2v) is 5.41. The molecule has 0 aliphatic heterocycles. The summed E-state index contributed by atoms with van der Waals surface area (Å²) >= 11 is 0. The quantitative estimate of drug-likeness (QED) is 0.875. The molecule has 2 rings (SSSR count). The van der Waals surface area contributed by atoms with Crippen LogP contribution >= 0.6 is 0 Å². The number of amides is 1. The second kappa shape index (κ2) is 6.66. The first kappa shape index (κ1) is 14.0. The van der Waals surface area contributed by atoms with E-state index in [-0.39, 0.29) is 11.8 Å². The van der Waals surface area contributed by atoms with Crippen LogP contribution in [-0.2, 0) is 4.79 Å². The molecule has 1 heterocycles. The van der Waals surface area contributed by atoms with Gasteiger partial charge in [-0.05, 0) is 57.7 Å². The van der Waals surface area contributed by atoms with Crippen molar-refractivity contribution < 1.29 is 4.79 Å². The lowest BCUT2D eigenvalue weighted by Gasteiger charge is -2.31. The van der Waals surface area contributed by atoms with Crippen LogP contribution in [0.3, 0.4) is 0 Å². The summed E-state index contributed by atoms with van der Waals surface area (Å²) in [5.41, 5.74) is 0.839. The van der Waals surface area contributed by atoms with Crippen LogP contribution in [-0.4, -0.2) is 24.0 Å². The Labute approximate surface area is 115 Å². The Balaban J connectivity index is 1.83. The maximum Gasteiger partial charge on any atom is 0.227 e. The molecular formula is C15H23N3O. The van der Waals surface area contributed by atoms with Gasteiger partial charge in [-0.1, -0.05) is 0 Å². The molecule has 4 heteroatoms. The number of rotatable bonds is 4. The van der Waals surface area contributed by atoms with Gasteiger partial charge in [0, 0.05) is 30.0 Å². The molecule has 0 bridgehead atoms. The van der Waals surface area contributed by atoms with Gasteiger partial charge < -0.3 is 10.6 Å². The third-order valence-electron chi connectivity index (χ3n) is 4.25. The highest BCUT2D eigenvalue weighted by Crippen LogP contribution is 2.31. The summed E-state index contributed by atoms with van der Waals surface area (Å²) in [6.45, 7) is 2.22. The van der Waals surface area contributed by atoms with Gasteiger partial charge in [0.15, 0.2) is 0 Å². The minimum absolute atomic E-state index is 0.154. The van der Waals surface area contributed by atoms with E-state index in [1.165, 1.54) is 0 Å². The molecule has 1 aromatic heterocycles. The van der Waals surface area contributed by atoms with Crippen molar-refractivity contribution in [3.8, 4) is 0 Å². The number of pyridine rings is 1. The Morgan fingerprint density at radius 3 is 2.47 bits per heavy atom. The summed E-state index contributed by atoms with van der Waals surface area (Å²) in [6.07, 6.45) is 7.65. The molecule has 4 nitrogen and oxygen atoms in total. The maximum absolute atomic E-state index is 12.2. The lowest BCUT2D eigenvalue weighted by Crippen LogP contribution is -2.35. The lowest BCUT2D eigenvalue weighted by molar-refractivity contribution is -0.121. The van der Waals surface area contributed by atoms with Crippen LogP contribution < -0.4 is 10.6 Å². The van der Waals surface area contributed by atoms with Gasteiger partial charge in [-0.2, -0.15) is 0 Å². The monoisotopic (exact) mass is 261 g/mol. The number of aromatic nitrogens is 1. The second-order valence-electron chi connectivity index (χ2n) is 5.41. The summed E-state index contributed by atoms with van der Waals surface area (Å²) < 4.78 is 0. The van der Waals surface area contributed by atoms with Crippen LogP contribution in [0.5, 0.6) is 0 Å². The van der Waals surface area contributed by atoms with Crippen LogP contribution in [0.15, 0.2) is 24.5 Å². The minimum Gasteiger partial charge on any atom is -0.326 e. The van der Waals surface area contributed by atoms with E-state index in [9.17, 15) is 4.79 Å². The molecule has 2 N–H and O–H groups in total. The van der Waals surface area contributed by atoms with Crippen molar-refractivity contribution in [3.63, 3.8) is 0 Å². The number of nitrogens with zero attached hydrogens (tertiary/aromatic N) is 1. The van der Waals surface area contributed by atoms with Gasteiger partial charge >= 0.3 is 0 Å². The molecule has 104 valence electrons. The van der Waals surface area contributed by atoms with E-state index in [1.54, 1.807) is 12.4 Å². The Kier molecular flexibility index (Phi) is 4.91. The van der Waals surface area contributed by atoms with E-state index in [0.717, 1.165) is 31.4 Å². The van der Waals surface area contributed by atoms with E-state index in [0.29, 0.717) is 12.0 Å². The first-order chi connectivity index (χ1) is 9.20. The molecule has 1 aromatic rings. The number of carbonyl (C=O) groups is 1. The van der Waals surface area contributed by atoms with Crippen molar-refractivity contribution >= 4 is 11.6 Å². The topological polar surface area (TPSA) is 54.0 Å². The van der Waals surface area contributed by atoms with Crippen LogP contribution in [0.2, 0.25) is 0 Å². The SMILES string of the molecule is CN[C@H](C)[C@H]1CC[C@H](C(=O)Nc2ccncc2)CC1. The number of hydrogen-bond donors (Lipinski definition) is 2. The van der Waals surface area contributed by atoms with Crippen molar-refractivity contribution in [1.82, 2.24) is 10.3 Å². The summed E-state index contributed by atoms with van der Waals surface area (Å²) in [6, 6.07) is 4.20. The highest BCUT2D eigenvalue weighted by atomic mass is 16.1.